The lowest BCUT2D eigenvalue weighted by Gasteiger charge is -1.76. The van der Waals surface area contributed by atoms with Gasteiger partial charge in [-0.2, -0.15) is 11.3 Å². The molecule has 0 fully saturated rings. The first kappa shape index (κ1) is 5.92. The highest BCUT2D eigenvalue weighted by Gasteiger charge is 1.93. The summed E-state index contributed by atoms with van der Waals surface area (Å²) in [6.07, 6.45) is 0. The van der Waals surface area contributed by atoms with Gasteiger partial charge in [-0.05, 0) is 10.2 Å². The van der Waals surface area contributed by atoms with E-state index in [1.54, 1.807) is 11.4 Å². The first-order valence-electron chi connectivity index (χ1n) is 2.14. The van der Waals surface area contributed by atoms with E-state index in [-0.39, 0.29) is 0 Å². The fourth-order valence-corrected chi connectivity index (χ4v) is 1.04. The topological polar surface area (TPSA) is 20.2 Å². The average Bonchev–Trinajstić information content (AvgIpc) is 2.14. The van der Waals surface area contributed by atoms with Crippen LogP contribution in [0, 0.1) is 0 Å². The van der Waals surface area contributed by atoms with E-state index in [0.29, 0.717) is 5.46 Å². The summed E-state index contributed by atoms with van der Waals surface area (Å²) in [6.45, 7) is 0. The van der Waals surface area contributed by atoms with Crippen molar-refractivity contribution in [3.05, 3.63) is 11.4 Å². The minimum Gasteiger partial charge on any atom is -0.449 e. The van der Waals surface area contributed by atoms with E-state index in [0.717, 1.165) is 12.3 Å². The van der Waals surface area contributed by atoms with Crippen molar-refractivity contribution in [1.29, 1.82) is 0 Å². The summed E-state index contributed by atoms with van der Waals surface area (Å²) in [5.41, 5.74) is 0.704. The van der Waals surface area contributed by atoms with Crippen molar-refractivity contribution in [2.45, 2.75) is 0 Å². The molecule has 0 amide bonds. The summed E-state index contributed by atoms with van der Waals surface area (Å²) in [5.74, 6) is 0. The fourth-order valence-electron chi connectivity index (χ4n) is 0.436. The van der Waals surface area contributed by atoms with Gasteiger partial charge in [0.15, 0.2) is 0 Å². The van der Waals surface area contributed by atoms with E-state index in [9.17, 15) is 0 Å². The van der Waals surface area contributed by atoms with E-state index in [4.69, 9.17) is 12.9 Å². The molecule has 3 radical (unpaired) electrons. The van der Waals surface area contributed by atoms with Crippen molar-refractivity contribution in [3.8, 4) is 0 Å². The van der Waals surface area contributed by atoms with Crippen LogP contribution in [0.4, 0.5) is 0 Å². The third-order valence-electron chi connectivity index (χ3n) is 0.767. The van der Waals surface area contributed by atoms with Crippen molar-refractivity contribution in [3.63, 3.8) is 0 Å². The largest absolute Gasteiger partial charge is 0.449 e. The van der Waals surface area contributed by atoms with Gasteiger partial charge in [0.25, 0.3) is 0 Å². The van der Waals surface area contributed by atoms with Gasteiger partial charge in [0.2, 0.25) is 0 Å². The highest BCUT2D eigenvalue weighted by Crippen LogP contribution is 1.85. The lowest BCUT2D eigenvalue weighted by atomic mass is 9.93. The van der Waals surface area contributed by atoms with Crippen LogP contribution in [-0.4, -0.2) is 20.4 Å². The maximum atomic E-state index is 8.38. The summed E-state index contributed by atoms with van der Waals surface area (Å²) < 4.78 is 0.794. The molecule has 0 bridgehead atoms. The van der Waals surface area contributed by atoms with Gasteiger partial charge < -0.3 is 5.02 Å². The molecule has 37 valence electrons. The Balaban J connectivity index is 2.84. The van der Waals surface area contributed by atoms with Crippen LogP contribution in [0.15, 0.2) is 11.4 Å². The minimum atomic E-state index is 0.704. The van der Waals surface area contributed by atoms with Crippen LogP contribution < -0.4 is 10.2 Å². The summed E-state index contributed by atoms with van der Waals surface area (Å²) in [4.78, 5) is 0. The first-order chi connectivity index (χ1) is 3.83. The zero-order valence-corrected chi connectivity index (χ0v) is 4.98. The van der Waals surface area contributed by atoms with Crippen molar-refractivity contribution in [2.75, 3.05) is 0 Å². The molecule has 0 spiro atoms. The molecule has 0 atom stereocenters. The zero-order chi connectivity index (χ0) is 5.98. The Morgan fingerprint density at radius 3 is 2.75 bits per heavy atom. The molecule has 0 aromatic carbocycles. The Morgan fingerprint density at radius 1 is 1.75 bits per heavy atom. The van der Waals surface area contributed by atoms with Crippen LogP contribution in [0.3, 0.4) is 0 Å². The Bertz CT molecular complexity index is 174. The van der Waals surface area contributed by atoms with E-state index < -0.39 is 0 Å². The third kappa shape index (κ3) is 1.14. The Labute approximate surface area is 54.0 Å². The standard InChI is InChI=1S/C4H3B2OS/c5-3-1-4(6-7)8-2-3/h1-2,7H. The predicted octanol–water partition coefficient (Wildman–Crippen LogP) is -1.22. The van der Waals surface area contributed by atoms with E-state index in [2.05, 4.69) is 0 Å². The van der Waals surface area contributed by atoms with E-state index in [1.165, 1.54) is 11.3 Å². The van der Waals surface area contributed by atoms with Gasteiger partial charge in [-0.15, -0.1) is 0 Å². The molecule has 1 rings (SSSR count). The second-order valence-electron chi connectivity index (χ2n) is 1.41. The van der Waals surface area contributed by atoms with Crippen LogP contribution in [0.1, 0.15) is 0 Å². The molecular formula is C4H3B2OS. The number of thiophene rings is 1. The normalized spacial score (nSPS) is 9.12. The van der Waals surface area contributed by atoms with Crippen molar-refractivity contribution < 1.29 is 5.02 Å². The second kappa shape index (κ2) is 2.37. The lowest BCUT2D eigenvalue weighted by molar-refractivity contribution is 0.616. The molecule has 4 heteroatoms. The molecular weight excluding hydrogens is 118 g/mol. The first-order valence-corrected chi connectivity index (χ1v) is 3.02. The van der Waals surface area contributed by atoms with Gasteiger partial charge in [-0.1, -0.05) is 11.5 Å². The maximum absolute atomic E-state index is 8.38. The lowest BCUT2D eigenvalue weighted by Crippen LogP contribution is -2.09. The van der Waals surface area contributed by atoms with E-state index in [1.807, 2.05) is 0 Å². The van der Waals surface area contributed by atoms with Gasteiger partial charge in [0, 0.05) is 0 Å². The molecule has 0 aliphatic rings. The zero-order valence-electron chi connectivity index (χ0n) is 4.16. The minimum absolute atomic E-state index is 0.704. The van der Waals surface area contributed by atoms with Gasteiger partial charge in [-0.3, -0.25) is 0 Å². The number of rotatable bonds is 1. The van der Waals surface area contributed by atoms with Crippen molar-refractivity contribution in [1.82, 2.24) is 0 Å². The van der Waals surface area contributed by atoms with Gasteiger partial charge >= 0.3 is 7.48 Å². The molecule has 0 aliphatic heterocycles. The molecule has 1 aromatic heterocycles. The predicted molar refractivity (Wildman–Crippen MR) is 37.3 cm³/mol. The van der Waals surface area contributed by atoms with Crippen LogP contribution in [0.2, 0.25) is 0 Å². The Morgan fingerprint density at radius 2 is 2.50 bits per heavy atom. The molecule has 0 saturated heterocycles. The average molecular weight is 121 g/mol. The molecule has 0 unspecified atom stereocenters. The van der Waals surface area contributed by atoms with Crippen molar-refractivity contribution >= 4 is 36.9 Å². The summed E-state index contributed by atoms with van der Waals surface area (Å²) >= 11 is 1.42. The fraction of sp³-hybridized carbons (Fsp3) is 0. The molecule has 1 N–H and O–H groups in total. The summed E-state index contributed by atoms with van der Waals surface area (Å²) in [5, 5.41) is 10.2. The third-order valence-corrected chi connectivity index (χ3v) is 1.65. The summed E-state index contributed by atoms with van der Waals surface area (Å²) in [6, 6.07) is 1.71. The Kier molecular flexibility index (Phi) is 1.76. The smallest absolute Gasteiger partial charge is 0.337 e. The van der Waals surface area contributed by atoms with Crippen LogP contribution in [-0.2, 0) is 0 Å². The summed E-state index contributed by atoms with van der Waals surface area (Å²) in [7, 11) is 6.38. The van der Waals surface area contributed by atoms with Crippen LogP contribution >= 0.6 is 11.3 Å². The van der Waals surface area contributed by atoms with Gasteiger partial charge in [-0.25, -0.2) is 0 Å². The quantitative estimate of drug-likeness (QED) is 0.461. The highest BCUT2D eigenvalue weighted by molar-refractivity contribution is 7.20. The van der Waals surface area contributed by atoms with Crippen molar-refractivity contribution in [2.24, 2.45) is 0 Å². The molecule has 8 heavy (non-hydrogen) atoms. The molecule has 1 heterocycles. The van der Waals surface area contributed by atoms with Crippen LogP contribution in [0.5, 0.6) is 0 Å². The maximum Gasteiger partial charge on any atom is 0.337 e. The molecule has 1 nitrogen and oxygen atoms in total. The van der Waals surface area contributed by atoms with Gasteiger partial charge in [0.1, 0.15) is 7.85 Å². The SMILES string of the molecule is [B]c1csc([B]O)c1. The van der Waals surface area contributed by atoms with Gasteiger partial charge in [0.05, 0.1) is 0 Å². The molecule has 1 aromatic rings. The highest BCUT2D eigenvalue weighted by atomic mass is 32.1. The monoisotopic (exact) mass is 121 g/mol. The molecule has 0 aliphatic carbocycles. The Hall–Kier alpha value is -0.210. The number of hydrogen-bond donors (Lipinski definition) is 1. The second-order valence-corrected chi connectivity index (χ2v) is 2.35. The molecule has 0 saturated carbocycles. The van der Waals surface area contributed by atoms with E-state index >= 15 is 0 Å². The van der Waals surface area contributed by atoms with Crippen LogP contribution in [0.25, 0.3) is 0 Å². The number of hydrogen-bond acceptors (Lipinski definition) is 2.